The second-order valence-electron chi connectivity index (χ2n) is 7.40. The molecule has 0 saturated heterocycles. The summed E-state index contributed by atoms with van der Waals surface area (Å²) in [4.78, 5) is 23.6. The first kappa shape index (κ1) is 21.5. The zero-order valence-corrected chi connectivity index (χ0v) is 18.1. The summed E-state index contributed by atoms with van der Waals surface area (Å²) < 4.78 is 27.8. The summed E-state index contributed by atoms with van der Waals surface area (Å²) in [5, 5.41) is 11.9. The smallest absolute Gasteiger partial charge is 0.268 e. The van der Waals surface area contributed by atoms with Crippen molar-refractivity contribution in [3.63, 3.8) is 0 Å². The number of nitrogens with zero attached hydrogens (tertiary/aromatic N) is 2. The standard InChI is InChI=1S/C24H20N2O5S/c1-2-17-8-13-23-19(14-17)16-21(15-18-6-4-3-5-7-18)25(24(23)27)32(30,31)22-11-9-20(10-12-22)26(28)29/h3-14,16H,2,15H2,1H3. The van der Waals surface area contributed by atoms with E-state index < -0.39 is 20.5 Å². The number of benzene rings is 3. The maximum atomic E-state index is 13.5. The highest BCUT2D eigenvalue weighted by Gasteiger charge is 2.24. The van der Waals surface area contributed by atoms with Gasteiger partial charge in [0.2, 0.25) is 0 Å². The quantitative estimate of drug-likeness (QED) is 0.323. The third kappa shape index (κ3) is 3.92. The van der Waals surface area contributed by atoms with Crippen LogP contribution in [-0.4, -0.2) is 17.3 Å². The van der Waals surface area contributed by atoms with Crippen molar-refractivity contribution in [2.45, 2.75) is 24.7 Å². The van der Waals surface area contributed by atoms with Crippen LogP contribution < -0.4 is 5.56 Å². The molecule has 4 aromatic rings. The first-order valence-electron chi connectivity index (χ1n) is 10.0. The number of nitro benzene ring substituents is 1. The number of rotatable bonds is 6. The minimum Gasteiger partial charge on any atom is -0.268 e. The third-order valence-electron chi connectivity index (χ3n) is 5.34. The number of non-ortho nitro benzene ring substituents is 1. The molecule has 162 valence electrons. The van der Waals surface area contributed by atoms with E-state index in [1.54, 1.807) is 12.1 Å². The highest BCUT2D eigenvalue weighted by atomic mass is 32.2. The van der Waals surface area contributed by atoms with Crippen molar-refractivity contribution in [2.75, 3.05) is 0 Å². The van der Waals surface area contributed by atoms with Crippen molar-refractivity contribution in [3.8, 4) is 0 Å². The lowest BCUT2D eigenvalue weighted by Crippen LogP contribution is -2.30. The molecular weight excluding hydrogens is 428 g/mol. The molecule has 0 radical (unpaired) electrons. The van der Waals surface area contributed by atoms with E-state index in [2.05, 4.69) is 0 Å². The maximum Gasteiger partial charge on any atom is 0.272 e. The lowest BCUT2D eigenvalue weighted by atomic mass is 10.0. The number of hydrogen-bond donors (Lipinski definition) is 0. The summed E-state index contributed by atoms with van der Waals surface area (Å²) in [5.41, 5.74) is 1.34. The predicted octanol–water partition coefficient (Wildman–Crippen LogP) is 4.30. The largest absolute Gasteiger partial charge is 0.272 e. The van der Waals surface area contributed by atoms with Gasteiger partial charge in [-0.1, -0.05) is 49.4 Å². The van der Waals surface area contributed by atoms with E-state index in [0.29, 0.717) is 16.5 Å². The fourth-order valence-corrected chi connectivity index (χ4v) is 5.09. The molecule has 8 heteroatoms. The molecule has 4 rings (SSSR count). The van der Waals surface area contributed by atoms with Gasteiger partial charge in [-0.05, 0) is 47.2 Å². The van der Waals surface area contributed by atoms with Crippen LogP contribution in [0.15, 0.2) is 88.6 Å². The van der Waals surface area contributed by atoms with E-state index in [0.717, 1.165) is 45.8 Å². The topological polar surface area (TPSA) is 99.3 Å². The number of aromatic nitrogens is 1. The highest BCUT2D eigenvalue weighted by molar-refractivity contribution is 7.90. The van der Waals surface area contributed by atoms with Crippen molar-refractivity contribution in [3.05, 3.63) is 116 Å². The molecule has 0 aliphatic rings. The van der Waals surface area contributed by atoms with E-state index in [4.69, 9.17) is 0 Å². The Morgan fingerprint density at radius 1 is 0.906 bits per heavy atom. The first-order valence-corrected chi connectivity index (χ1v) is 11.5. The van der Waals surface area contributed by atoms with Gasteiger partial charge in [-0.3, -0.25) is 14.9 Å². The Hall–Kier alpha value is -3.78. The second kappa shape index (κ2) is 8.39. The molecule has 7 nitrogen and oxygen atoms in total. The molecule has 3 aromatic carbocycles. The van der Waals surface area contributed by atoms with Crippen LogP contribution >= 0.6 is 0 Å². The Morgan fingerprint density at radius 2 is 1.59 bits per heavy atom. The van der Waals surface area contributed by atoms with E-state index in [9.17, 15) is 23.3 Å². The molecule has 1 aromatic heterocycles. The van der Waals surface area contributed by atoms with Crippen molar-refractivity contribution in [1.29, 1.82) is 0 Å². The van der Waals surface area contributed by atoms with Crippen LogP contribution in [0, 0.1) is 10.1 Å². The molecule has 0 amide bonds. The Kier molecular flexibility index (Phi) is 5.63. The number of aryl methyl sites for hydroxylation is 1. The van der Waals surface area contributed by atoms with Gasteiger partial charge in [-0.25, -0.2) is 12.4 Å². The van der Waals surface area contributed by atoms with Gasteiger partial charge in [0.15, 0.2) is 0 Å². The van der Waals surface area contributed by atoms with Crippen molar-refractivity contribution in [2.24, 2.45) is 0 Å². The van der Waals surface area contributed by atoms with Crippen LogP contribution in [0.1, 0.15) is 23.7 Å². The summed E-state index contributed by atoms with van der Waals surface area (Å²) in [6.07, 6.45) is 1.02. The molecule has 0 aliphatic carbocycles. The monoisotopic (exact) mass is 448 g/mol. The average Bonchev–Trinajstić information content (AvgIpc) is 2.79. The molecule has 1 heterocycles. The average molecular weight is 449 g/mol. The molecule has 0 N–H and O–H groups in total. The summed E-state index contributed by atoms with van der Waals surface area (Å²) in [5.74, 6) is 0. The number of fused-ring (bicyclic) bond motifs is 1. The Balaban J connectivity index is 1.97. The first-order chi connectivity index (χ1) is 15.3. The fraction of sp³-hybridized carbons (Fsp3) is 0.125. The number of pyridine rings is 1. The second-order valence-corrected chi connectivity index (χ2v) is 9.19. The van der Waals surface area contributed by atoms with Crippen LogP contribution in [-0.2, 0) is 22.9 Å². The van der Waals surface area contributed by atoms with Crippen LogP contribution in [0.4, 0.5) is 5.69 Å². The summed E-state index contributed by atoms with van der Waals surface area (Å²) >= 11 is 0. The molecule has 0 spiro atoms. The molecule has 32 heavy (non-hydrogen) atoms. The Labute approximate surface area is 184 Å². The molecule has 0 fully saturated rings. The molecule has 0 bridgehead atoms. The summed E-state index contributed by atoms with van der Waals surface area (Å²) in [7, 11) is -4.29. The van der Waals surface area contributed by atoms with Crippen LogP contribution in [0.2, 0.25) is 0 Å². The highest BCUT2D eigenvalue weighted by Crippen LogP contribution is 2.23. The number of nitro groups is 1. The van der Waals surface area contributed by atoms with Crippen molar-refractivity contribution < 1.29 is 13.3 Å². The van der Waals surface area contributed by atoms with Gasteiger partial charge in [0.05, 0.1) is 9.82 Å². The normalized spacial score (nSPS) is 11.5. The van der Waals surface area contributed by atoms with E-state index in [1.807, 2.05) is 49.4 Å². The van der Waals surface area contributed by atoms with E-state index in [-0.39, 0.29) is 17.0 Å². The summed E-state index contributed by atoms with van der Waals surface area (Å²) in [6, 6.07) is 20.9. The summed E-state index contributed by atoms with van der Waals surface area (Å²) in [6.45, 7) is 2.01. The molecule has 0 aliphatic heterocycles. The lowest BCUT2D eigenvalue weighted by Gasteiger charge is -2.16. The SMILES string of the molecule is CCc1ccc2c(=O)n(S(=O)(=O)c3ccc([N+](=O)[O-])cc3)c(Cc3ccccc3)cc2c1. The molecule has 0 unspecified atom stereocenters. The number of hydrogen-bond acceptors (Lipinski definition) is 5. The van der Waals surface area contributed by atoms with Gasteiger partial charge in [-0.2, -0.15) is 0 Å². The fourth-order valence-electron chi connectivity index (χ4n) is 3.66. The van der Waals surface area contributed by atoms with Gasteiger partial charge in [0, 0.05) is 29.6 Å². The van der Waals surface area contributed by atoms with Gasteiger partial charge in [0.1, 0.15) is 0 Å². The van der Waals surface area contributed by atoms with E-state index in [1.165, 1.54) is 0 Å². The molecule has 0 saturated carbocycles. The third-order valence-corrected chi connectivity index (χ3v) is 7.08. The van der Waals surface area contributed by atoms with E-state index >= 15 is 0 Å². The molecule has 0 atom stereocenters. The molecular formula is C24H20N2O5S. The zero-order chi connectivity index (χ0) is 22.9. The van der Waals surface area contributed by atoms with Crippen LogP contribution in [0.5, 0.6) is 0 Å². The Morgan fingerprint density at radius 3 is 2.22 bits per heavy atom. The zero-order valence-electron chi connectivity index (χ0n) is 17.3. The Bertz CT molecular complexity index is 1480. The van der Waals surface area contributed by atoms with Gasteiger partial charge in [-0.15, -0.1) is 0 Å². The minimum atomic E-state index is -4.29. The lowest BCUT2D eigenvalue weighted by molar-refractivity contribution is -0.384. The van der Waals surface area contributed by atoms with Crippen molar-refractivity contribution >= 4 is 26.5 Å². The maximum absolute atomic E-state index is 13.5. The minimum absolute atomic E-state index is 0.191. The predicted molar refractivity (Wildman–Crippen MR) is 123 cm³/mol. The van der Waals surface area contributed by atoms with Crippen LogP contribution in [0.3, 0.4) is 0 Å². The van der Waals surface area contributed by atoms with Gasteiger partial charge < -0.3 is 0 Å². The van der Waals surface area contributed by atoms with Crippen molar-refractivity contribution in [1.82, 2.24) is 3.97 Å². The van der Waals surface area contributed by atoms with Gasteiger partial charge in [0.25, 0.3) is 21.3 Å². The van der Waals surface area contributed by atoms with Crippen LogP contribution in [0.25, 0.3) is 10.8 Å². The van der Waals surface area contributed by atoms with Gasteiger partial charge >= 0.3 is 0 Å².